The number of carbonyl (C=O) groups is 1. The predicted octanol–water partition coefficient (Wildman–Crippen LogP) is 4.55. The Morgan fingerprint density at radius 2 is 1.78 bits per heavy atom. The molecule has 0 radical (unpaired) electrons. The largest absolute Gasteiger partial charge is 0.493 e. The Hall–Kier alpha value is -3.67. The molecular formula is C26H28N2O4. The Bertz CT molecular complexity index is 1050. The molecule has 1 aliphatic heterocycles. The van der Waals surface area contributed by atoms with Gasteiger partial charge in [-0.25, -0.2) is 4.79 Å². The van der Waals surface area contributed by atoms with E-state index in [4.69, 9.17) is 14.2 Å². The van der Waals surface area contributed by atoms with Gasteiger partial charge in [-0.2, -0.15) is 0 Å². The van der Waals surface area contributed by atoms with Crippen LogP contribution in [0.15, 0.2) is 91.1 Å². The van der Waals surface area contributed by atoms with Crippen LogP contribution in [-0.4, -0.2) is 24.3 Å². The van der Waals surface area contributed by atoms with Crippen molar-refractivity contribution < 1.29 is 19.0 Å². The van der Waals surface area contributed by atoms with E-state index in [1.54, 1.807) is 6.26 Å². The van der Waals surface area contributed by atoms with E-state index in [1.807, 2.05) is 90.6 Å². The highest BCUT2D eigenvalue weighted by molar-refractivity contribution is 5.74. The van der Waals surface area contributed by atoms with Crippen LogP contribution in [0.2, 0.25) is 0 Å². The van der Waals surface area contributed by atoms with Gasteiger partial charge < -0.3 is 24.1 Å². The van der Waals surface area contributed by atoms with Crippen LogP contribution in [0.4, 0.5) is 0 Å². The Morgan fingerprint density at radius 3 is 2.47 bits per heavy atom. The van der Waals surface area contributed by atoms with Crippen LogP contribution in [0.5, 0.6) is 5.75 Å². The van der Waals surface area contributed by atoms with Crippen LogP contribution in [0, 0.1) is 0 Å². The zero-order valence-electron chi connectivity index (χ0n) is 18.4. The van der Waals surface area contributed by atoms with Gasteiger partial charge in [0.1, 0.15) is 18.1 Å². The van der Waals surface area contributed by atoms with Gasteiger partial charge in [0.05, 0.1) is 19.4 Å². The third kappa shape index (κ3) is 4.97. The SMILES string of the molecule is COC(=O)[C@H](Cc1ccc(OCCC2=CO[C@@](C)(c3ccccc3)N2)cc1)n1cccc1. The van der Waals surface area contributed by atoms with Crippen LogP contribution in [0.3, 0.4) is 0 Å². The molecule has 0 fully saturated rings. The first kappa shape index (κ1) is 21.6. The van der Waals surface area contributed by atoms with Crippen molar-refractivity contribution in [1.29, 1.82) is 0 Å². The maximum Gasteiger partial charge on any atom is 0.329 e. The van der Waals surface area contributed by atoms with E-state index in [0.29, 0.717) is 19.4 Å². The lowest BCUT2D eigenvalue weighted by Gasteiger charge is -2.26. The van der Waals surface area contributed by atoms with Gasteiger partial charge in [0.2, 0.25) is 5.72 Å². The number of hydrogen-bond acceptors (Lipinski definition) is 5. The molecule has 3 aromatic rings. The first-order valence-electron chi connectivity index (χ1n) is 10.7. The maximum atomic E-state index is 12.2. The molecule has 2 heterocycles. The Morgan fingerprint density at radius 1 is 1.06 bits per heavy atom. The third-order valence-electron chi connectivity index (χ3n) is 5.61. The van der Waals surface area contributed by atoms with Gasteiger partial charge in [-0.15, -0.1) is 0 Å². The molecule has 6 nitrogen and oxygen atoms in total. The lowest BCUT2D eigenvalue weighted by molar-refractivity contribution is -0.144. The number of aromatic nitrogens is 1. The molecule has 0 saturated carbocycles. The average Bonchev–Trinajstić information content (AvgIpc) is 3.49. The van der Waals surface area contributed by atoms with Gasteiger partial charge in [0.15, 0.2) is 0 Å². The average molecular weight is 433 g/mol. The van der Waals surface area contributed by atoms with E-state index in [9.17, 15) is 4.79 Å². The van der Waals surface area contributed by atoms with Crippen LogP contribution in [0.1, 0.15) is 30.5 Å². The van der Waals surface area contributed by atoms with Crippen LogP contribution < -0.4 is 10.1 Å². The summed E-state index contributed by atoms with van der Waals surface area (Å²) in [6, 6.07) is 21.3. The van der Waals surface area contributed by atoms with Crippen molar-refractivity contribution in [1.82, 2.24) is 9.88 Å². The molecule has 0 aliphatic carbocycles. The lowest BCUT2D eigenvalue weighted by atomic mass is 10.1. The second kappa shape index (κ2) is 9.64. The van der Waals surface area contributed by atoms with Gasteiger partial charge in [-0.3, -0.25) is 0 Å². The topological polar surface area (TPSA) is 61.7 Å². The number of benzene rings is 2. The highest BCUT2D eigenvalue weighted by Crippen LogP contribution is 2.29. The molecule has 4 rings (SSSR count). The molecule has 2 aromatic carbocycles. The van der Waals surface area contributed by atoms with Gasteiger partial charge in [0.25, 0.3) is 0 Å². The van der Waals surface area contributed by atoms with Gasteiger partial charge in [0, 0.05) is 30.8 Å². The smallest absolute Gasteiger partial charge is 0.329 e. The van der Waals surface area contributed by atoms with Gasteiger partial charge >= 0.3 is 5.97 Å². The number of esters is 1. The second-order valence-corrected chi connectivity index (χ2v) is 7.90. The number of nitrogens with one attached hydrogen (secondary N) is 1. The second-order valence-electron chi connectivity index (χ2n) is 7.90. The molecule has 166 valence electrons. The van der Waals surface area contributed by atoms with Crippen molar-refractivity contribution in [2.75, 3.05) is 13.7 Å². The number of ether oxygens (including phenoxy) is 3. The van der Waals surface area contributed by atoms with E-state index >= 15 is 0 Å². The summed E-state index contributed by atoms with van der Waals surface area (Å²) in [5, 5.41) is 3.44. The van der Waals surface area contributed by atoms with E-state index in [0.717, 1.165) is 22.6 Å². The zero-order chi connectivity index (χ0) is 22.4. The van der Waals surface area contributed by atoms with Crippen molar-refractivity contribution in [3.05, 3.63) is 102 Å². The van der Waals surface area contributed by atoms with Crippen molar-refractivity contribution >= 4 is 5.97 Å². The number of hydrogen-bond donors (Lipinski definition) is 1. The summed E-state index contributed by atoms with van der Waals surface area (Å²) in [6.07, 6.45) is 6.78. The molecule has 0 bridgehead atoms. The number of nitrogens with zero attached hydrogens (tertiary/aromatic N) is 1. The molecule has 1 aromatic heterocycles. The van der Waals surface area contributed by atoms with E-state index < -0.39 is 5.72 Å². The molecule has 0 amide bonds. The normalized spacial score (nSPS) is 18.2. The number of rotatable bonds is 9. The number of carbonyl (C=O) groups excluding carboxylic acids is 1. The molecule has 6 heteroatoms. The van der Waals surface area contributed by atoms with Crippen LogP contribution in [0.25, 0.3) is 0 Å². The molecule has 2 atom stereocenters. The molecule has 1 N–H and O–H groups in total. The lowest BCUT2D eigenvalue weighted by Crippen LogP contribution is -2.35. The summed E-state index contributed by atoms with van der Waals surface area (Å²) in [5.41, 5.74) is 2.57. The Labute approximate surface area is 188 Å². The van der Waals surface area contributed by atoms with Crippen molar-refractivity contribution in [2.45, 2.75) is 31.5 Å². The first-order chi connectivity index (χ1) is 15.6. The van der Waals surface area contributed by atoms with Crippen LogP contribution >= 0.6 is 0 Å². The molecule has 32 heavy (non-hydrogen) atoms. The predicted molar refractivity (Wildman–Crippen MR) is 122 cm³/mol. The minimum atomic E-state index is -0.547. The Kier molecular flexibility index (Phi) is 6.50. The summed E-state index contributed by atoms with van der Waals surface area (Å²) >= 11 is 0. The standard InChI is InChI=1S/C26H28N2O4/c1-26(21-8-4-3-5-9-21)27-22(19-32-26)14-17-31-23-12-10-20(11-13-23)18-24(25(29)30-2)28-15-6-7-16-28/h3-13,15-16,19,24,27H,14,17-18H2,1-2H3/t24-,26-/m0/s1. The highest BCUT2D eigenvalue weighted by atomic mass is 16.5. The fraction of sp³-hybridized carbons (Fsp3) is 0.269. The van der Waals surface area contributed by atoms with E-state index in [2.05, 4.69) is 5.32 Å². The number of methoxy groups -OCH3 is 1. The van der Waals surface area contributed by atoms with Gasteiger partial charge in [-0.05, 0) is 36.8 Å². The molecule has 0 unspecified atom stereocenters. The fourth-order valence-electron chi connectivity index (χ4n) is 3.80. The Balaban J connectivity index is 1.28. The minimum absolute atomic E-state index is 0.261. The summed E-state index contributed by atoms with van der Waals surface area (Å²) in [7, 11) is 1.41. The van der Waals surface area contributed by atoms with Crippen molar-refractivity contribution in [3.8, 4) is 5.75 Å². The third-order valence-corrected chi connectivity index (χ3v) is 5.61. The summed E-state index contributed by atoms with van der Waals surface area (Å²) in [4.78, 5) is 12.2. The molecular weight excluding hydrogens is 404 g/mol. The van der Waals surface area contributed by atoms with Crippen molar-refractivity contribution in [3.63, 3.8) is 0 Å². The fourth-order valence-corrected chi connectivity index (χ4v) is 3.80. The summed E-state index contributed by atoms with van der Waals surface area (Å²) < 4.78 is 18.6. The van der Waals surface area contributed by atoms with E-state index in [1.165, 1.54) is 7.11 Å². The minimum Gasteiger partial charge on any atom is -0.493 e. The highest BCUT2D eigenvalue weighted by Gasteiger charge is 2.32. The summed E-state index contributed by atoms with van der Waals surface area (Å²) in [5.74, 6) is 0.526. The molecule has 1 aliphatic rings. The first-order valence-corrected chi connectivity index (χ1v) is 10.7. The summed E-state index contributed by atoms with van der Waals surface area (Å²) in [6.45, 7) is 2.54. The molecule has 0 spiro atoms. The molecule has 0 saturated heterocycles. The van der Waals surface area contributed by atoms with Crippen LogP contribution in [-0.2, 0) is 26.4 Å². The van der Waals surface area contributed by atoms with Gasteiger partial charge in [-0.1, -0.05) is 42.5 Å². The maximum absolute atomic E-state index is 12.2. The quantitative estimate of drug-likeness (QED) is 0.503. The van der Waals surface area contributed by atoms with E-state index in [-0.39, 0.29) is 12.0 Å². The zero-order valence-corrected chi connectivity index (χ0v) is 18.4. The monoisotopic (exact) mass is 432 g/mol. The van der Waals surface area contributed by atoms with Crippen molar-refractivity contribution in [2.24, 2.45) is 0 Å².